The van der Waals surface area contributed by atoms with Gasteiger partial charge in [0.15, 0.2) is 0 Å². The maximum atomic E-state index is 7.14. The molecule has 0 spiro atoms. The summed E-state index contributed by atoms with van der Waals surface area (Å²) in [5.74, 6) is 1.04. The minimum absolute atomic E-state index is 0.371. The molecule has 0 aliphatic carbocycles. The van der Waals surface area contributed by atoms with Crippen LogP contribution in [-0.2, 0) is 20.5 Å². The van der Waals surface area contributed by atoms with Crippen LogP contribution in [0.4, 0.5) is 22.7 Å². The maximum absolute atomic E-state index is 7.14. The van der Waals surface area contributed by atoms with Crippen LogP contribution in [0.15, 0.2) is 265 Å². The molecule has 2 fully saturated rings. The quantitative estimate of drug-likeness (QED) is 0.137. The number of benzene rings is 9. The second-order valence-corrected chi connectivity index (χ2v) is 17.7. The minimum Gasteiger partial charge on any atom is -0.362 e. The lowest BCUT2D eigenvalue weighted by atomic mass is 9.67. The highest BCUT2D eigenvalue weighted by Crippen LogP contribution is 2.56. The van der Waals surface area contributed by atoms with Gasteiger partial charge in [-0.3, -0.25) is 0 Å². The molecular weight excluding hydrogens is 880 g/mol. The van der Waals surface area contributed by atoms with Crippen LogP contribution in [0.5, 0.6) is 0 Å². The van der Waals surface area contributed by atoms with Gasteiger partial charge in [-0.25, -0.2) is 9.98 Å². The summed E-state index contributed by atoms with van der Waals surface area (Å²) in [4.78, 5) is 25.2. The van der Waals surface area contributed by atoms with Gasteiger partial charge in [-0.15, -0.1) is 0 Å². The fourth-order valence-electron chi connectivity index (χ4n) is 9.96. The molecule has 2 saturated heterocycles. The van der Waals surface area contributed by atoms with Crippen LogP contribution in [0.2, 0.25) is 10.0 Å². The zero-order chi connectivity index (χ0) is 45.9. The average molecular weight is 924 g/mol. The largest absolute Gasteiger partial charge is 0.362 e. The Morgan fingerprint density at radius 1 is 0.324 bits per heavy atom. The van der Waals surface area contributed by atoms with E-state index in [-0.39, 0.29) is 12.1 Å². The van der Waals surface area contributed by atoms with Gasteiger partial charge in [-0.05, 0) is 106 Å². The molecule has 6 nitrogen and oxygen atoms in total. The van der Waals surface area contributed by atoms with Crippen molar-refractivity contribution in [2.45, 2.75) is 22.9 Å². The molecule has 2 aliphatic rings. The molecule has 2 unspecified atom stereocenters. The van der Waals surface area contributed by atoms with Gasteiger partial charge in [0, 0.05) is 10.0 Å². The zero-order valence-electron chi connectivity index (χ0n) is 36.8. The summed E-state index contributed by atoms with van der Waals surface area (Å²) in [5, 5.41) is 5.23. The Kier molecular flexibility index (Phi) is 11.6. The standard InChI is InChI=1S/C60H44Cl2N4O2/c61-49-31-39-53(40-32-49)65-55(43-19-7-1-8-20-43)59(45-23-11-3-12-24-45,46-25-13-4-14-26-46)57(67-65)63-51-35-37-52(38-36-51)64-58-60(47-27-15-5-16-28-47,48-29-17-6-18-30-48)56(44-21-9-2-10-22-44)66(68-58)54-41-33-50(62)34-42-54/h1-42,55-56H. The van der Waals surface area contributed by atoms with Crippen LogP contribution in [-0.4, -0.2) is 11.8 Å². The molecule has 2 aliphatic heterocycles. The lowest BCUT2D eigenvalue weighted by Crippen LogP contribution is -2.40. The molecule has 9 aromatic rings. The van der Waals surface area contributed by atoms with Crippen molar-refractivity contribution in [3.63, 3.8) is 0 Å². The molecule has 8 heteroatoms. The Morgan fingerprint density at radius 2 is 0.588 bits per heavy atom. The Bertz CT molecular complexity index is 2880. The number of halogens is 2. The van der Waals surface area contributed by atoms with Gasteiger partial charge in [0.25, 0.3) is 0 Å². The first-order chi connectivity index (χ1) is 33.5. The lowest BCUT2D eigenvalue weighted by molar-refractivity contribution is 0.275. The summed E-state index contributed by atoms with van der Waals surface area (Å²) in [6, 6.07) is 85.8. The third kappa shape index (κ3) is 7.58. The number of rotatable bonds is 10. The van der Waals surface area contributed by atoms with Crippen molar-refractivity contribution in [1.29, 1.82) is 0 Å². The highest BCUT2D eigenvalue weighted by molar-refractivity contribution is 6.31. The van der Waals surface area contributed by atoms with E-state index in [1.165, 1.54) is 0 Å². The van der Waals surface area contributed by atoms with Crippen molar-refractivity contribution in [1.82, 2.24) is 0 Å². The van der Waals surface area contributed by atoms with Crippen molar-refractivity contribution in [2.75, 3.05) is 10.1 Å². The van der Waals surface area contributed by atoms with Crippen molar-refractivity contribution in [3.8, 4) is 0 Å². The fraction of sp³-hybridized carbons (Fsp3) is 0.0667. The molecule has 0 amide bonds. The van der Waals surface area contributed by atoms with E-state index in [1.807, 2.05) is 119 Å². The summed E-state index contributed by atoms with van der Waals surface area (Å²) in [6.45, 7) is 0. The number of hydrogen-bond acceptors (Lipinski definition) is 6. The third-order valence-electron chi connectivity index (χ3n) is 13.0. The summed E-state index contributed by atoms with van der Waals surface area (Å²) in [7, 11) is 0. The van der Waals surface area contributed by atoms with Gasteiger partial charge in [0.2, 0.25) is 11.8 Å². The van der Waals surface area contributed by atoms with E-state index in [0.29, 0.717) is 33.2 Å². The molecule has 330 valence electrons. The maximum Gasteiger partial charge on any atom is 0.240 e. The number of nitrogens with zero attached hydrogens (tertiary/aromatic N) is 4. The van der Waals surface area contributed by atoms with E-state index in [0.717, 1.165) is 44.8 Å². The van der Waals surface area contributed by atoms with Gasteiger partial charge in [0.1, 0.15) is 22.9 Å². The average Bonchev–Trinajstić information content (AvgIpc) is 3.93. The van der Waals surface area contributed by atoms with Gasteiger partial charge in [-0.2, -0.15) is 10.1 Å². The van der Waals surface area contributed by atoms with Crippen LogP contribution in [0, 0.1) is 0 Å². The van der Waals surface area contributed by atoms with E-state index >= 15 is 0 Å². The Morgan fingerprint density at radius 3 is 0.868 bits per heavy atom. The SMILES string of the molecule is Clc1ccc(N2OC(=Nc3ccc(N=C4ON(c5ccc(Cl)cc5)C(c5ccccc5)C4(c4ccccc4)c4ccccc4)cc3)C(c3ccccc3)(c3ccccc3)C2c2ccccc2)cc1. The molecule has 9 aromatic carbocycles. The first-order valence-electron chi connectivity index (χ1n) is 22.6. The van der Waals surface area contributed by atoms with Crippen molar-refractivity contribution in [2.24, 2.45) is 9.98 Å². The van der Waals surface area contributed by atoms with E-state index in [2.05, 4.69) is 146 Å². The highest BCUT2D eigenvalue weighted by Gasteiger charge is 2.60. The van der Waals surface area contributed by atoms with E-state index in [4.69, 9.17) is 42.9 Å². The monoisotopic (exact) mass is 922 g/mol. The normalized spacial score (nSPS) is 18.3. The predicted molar refractivity (Wildman–Crippen MR) is 276 cm³/mol. The van der Waals surface area contributed by atoms with Crippen LogP contribution in [0.25, 0.3) is 0 Å². The van der Waals surface area contributed by atoms with E-state index in [1.54, 1.807) is 0 Å². The van der Waals surface area contributed by atoms with Gasteiger partial charge < -0.3 is 9.68 Å². The smallest absolute Gasteiger partial charge is 0.240 e. The van der Waals surface area contributed by atoms with Gasteiger partial charge in [0.05, 0.1) is 22.7 Å². The molecule has 0 aromatic heterocycles. The van der Waals surface area contributed by atoms with Crippen LogP contribution in [0.3, 0.4) is 0 Å². The van der Waals surface area contributed by atoms with Gasteiger partial charge >= 0.3 is 0 Å². The summed E-state index contributed by atoms with van der Waals surface area (Å²) < 4.78 is 0. The molecule has 2 heterocycles. The second kappa shape index (κ2) is 18.4. The third-order valence-corrected chi connectivity index (χ3v) is 13.5. The predicted octanol–water partition coefficient (Wildman–Crippen LogP) is 15.4. The summed E-state index contributed by atoms with van der Waals surface area (Å²) >= 11 is 12.9. The molecule has 0 bridgehead atoms. The number of hydrogen-bond donors (Lipinski definition) is 0. The second-order valence-electron chi connectivity index (χ2n) is 16.8. The zero-order valence-corrected chi connectivity index (χ0v) is 38.3. The molecule has 0 radical (unpaired) electrons. The molecular formula is C60H44Cl2N4O2. The molecule has 0 N–H and O–H groups in total. The Balaban J connectivity index is 1.09. The van der Waals surface area contributed by atoms with Gasteiger partial charge in [-0.1, -0.05) is 205 Å². The Hall–Kier alpha value is -7.90. The summed E-state index contributed by atoms with van der Waals surface area (Å²) in [5.41, 5.74) is 7.53. The first-order valence-corrected chi connectivity index (χ1v) is 23.3. The van der Waals surface area contributed by atoms with E-state index in [9.17, 15) is 0 Å². The highest BCUT2D eigenvalue weighted by atomic mass is 35.5. The number of aliphatic imine (C=N–C) groups is 2. The molecule has 0 saturated carbocycles. The lowest BCUT2D eigenvalue weighted by Gasteiger charge is -2.36. The van der Waals surface area contributed by atoms with Crippen molar-refractivity contribution >= 4 is 57.7 Å². The van der Waals surface area contributed by atoms with Crippen molar-refractivity contribution in [3.05, 3.63) is 298 Å². The topological polar surface area (TPSA) is 49.7 Å². The van der Waals surface area contributed by atoms with Crippen molar-refractivity contribution < 1.29 is 9.68 Å². The van der Waals surface area contributed by atoms with E-state index < -0.39 is 10.8 Å². The van der Waals surface area contributed by atoms with Crippen LogP contribution < -0.4 is 10.1 Å². The molecule has 68 heavy (non-hydrogen) atoms. The van der Waals surface area contributed by atoms with Crippen LogP contribution in [0.1, 0.15) is 45.5 Å². The molecule has 2 atom stereocenters. The Labute approximate surface area is 406 Å². The first kappa shape index (κ1) is 42.7. The fourth-order valence-corrected chi connectivity index (χ4v) is 10.2. The molecule has 11 rings (SSSR count). The summed E-state index contributed by atoms with van der Waals surface area (Å²) in [6.07, 6.45) is 0. The number of anilines is 2. The minimum atomic E-state index is -0.900. The van der Waals surface area contributed by atoms with Crippen LogP contribution >= 0.6 is 23.2 Å². The number of hydroxylamine groups is 2.